The third-order valence-corrected chi connectivity index (χ3v) is 7.28. The van der Waals surface area contributed by atoms with E-state index in [1.54, 1.807) is 11.8 Å². The Morgan fingerprint density at radius 3 is 2.23 bits per heavy atom. The molecule has 1 aliphatic heterocycles. The molecular formula is C25H30N2O2S. The topological polar surface area (TPSA) is 49.4 Å². The second kappa shape index (κ2) is 8.46. The summed E-state index contributed by atoms with van der Waals surface area (Å²) in [5, 5.41) is 3.00. The first-order chi connectivity index (χ1) is 14.3. The second-order valence-electron chi connectivity index (χ2n) is 9.32. The van der Waals surface area contributed by atoms with Gasteiger partial charge < -0.3 is 5.32 Å². The minimum atomic E-state index is -0.0439. The quantitative estimate of drug-likeness (QED) is 0.668. The Labute approximate surface area is 183 Å². The van der Waals surface area contributed by atoms with Crippen LogP contribution in [-0.2, 0) is 15.0 Å². The van der Waals surface area contributed by atoms with E-state index < -0.39 is 0 Å². The first-order valence-electron chi connectivity index (χ1n) is 10.8. The SMILES string of the molecule is CC(C)(C)c1ccc(N2C(=O)CS[C@@H]2c2ccc(NC(=O)C3CCCC3)cc2)cc1. The maximum atomic E-state index is 12.6. The molecule has 1 N–H and O–H groups in total. The highest BCUT2D eigenvalue weighted by Crippen LogP contribution is 2.42. The molecule has 1 heterocycles. The molecule has 5 heteroatoms. The molecule has 0 unspecified atom stereocenters. The van der Waals surface area contributed by atoms with Crippen LogP contribution >= 0.6 is 11.8 Å². The minimum absolute atomic E-state index is 0.0439. The van der Waals surface area contributed by atoms with Gasteiger partial charge in [-0.15, -0.1) is 11.8 Å². The van der Waals surface area contributed by atoms with Crippen molar-refractivity contribution in [3.63, 3.8) is 0 Å². The average Bonchev–Trinajstić information content (AvgIpc) is 3.38. The number of benzene rings is 2. The van der Waals surface area contributed by atoms with E-state index in [9.17, 15) is 9.59 Å². The highest BCUT2D eigenvalue weighted by Gasteiger charge is 2.34. The molecule has 2 fully saturated rings. The molecule has 2 aromatic carbocycles. The molecule has 1 saturated carbocycles. The maximum absolute atomic E-state index is 12.6. The van der Waals surface area contributed by atoms with Gasteiger partial charge in [0.25, 0.3) is 0 Å². The number of anilines is 2. The molecule has 2 aliphatic rings. The number of amides is 2. The highest BCUT2D eigenvalue weighted by atomic mass is 32.2. The zero-order valence-corrected chi connectivity index (χ0v) is 18.8. The van der Waals surface area contributed by atoms with E-state index >= 15 is 0 Å². The highest BCUT2D eigenvalue weighted by molar-refractivity contribution is 8.00. The Hall–Kier alpha value is -2.27. The molecule has 0 radical (unpaired) electrons. The third kappa shape index (κ3) is 4.41. The van der Waals surface area contributed by atoms with Crippen molar-refractivity contribution in [1.82, 2.24) is 0 Å². The summed E-state index contributed by atoms with van der Waals surface area (Å²) in [5.41, 5.74) is 4.17. The van der Waals surface area contributed by atoms with Crippen LogP contribution in [0.3, 0.4) is 0 Å². The van der Waals surface area contributed by atoms with Gasteiger partial charge in [0.2, 0.25) is 11.8 Å². The fourth-order valence-corrected chi connectivity index (χ4v) is 5.41. The molecule has 2 amide bonds. The van der Waals surface area contributed by atoms with E-state index in [-0.39, 0.29) is 28.5 Å². The monoisotopic (exact) mass is 422 g/mol. The van der Waals surface area contributed by atoms with Crippen molar-refractivity contribution in [3.8, 4) is 0 Å². The second-order valence-corrected chi connectivity index (χ2v) is 10.4. The molecular weight excluding hydrogens is 392 g/mol. The van der Waals surface area contributed by atoms with Gasteiger partial charge in [-0.25, -0.2) is 0 Å². The van der Waals surface area contributed by atoms with Gasteiger partial charge in [0, 0.05) is 17.3 Å². The van der Waals surface area contributed by atoms with Gasteiger partial charge in [0.15, 0.2) is 0 Å². The van der Waals surface area contributed by atoms with Gasteiger partial charge in [0.1, 0.15) is 5.37 Å². The lowest BCUT2D eigenvalue weighted by Crippen LogP contribution is -2.28. The molecule has 0 bridgehead atoms. The Morgan fingerprint density at radius 2 is 1.63 bits per heavy atom. The van der Waals surface area contributed by atoms with Crippen LogP contribution in [0.15, 0.2) is 48.5 Å². The van der Waals surface area contributed by atoms with Crippen molar-refractivity contribution in [2.45, 2.75) is 57.2 Å². The fourth-order valence-electron chi connectivity index (χ4n) is 4.24. The van der Waals surface area contributed by atoms with E-state index in [4.69, 9.17) is 0 Å². The summed E-state index contributed by atoms with van der Waals surface area (Å²) in [6.07, 6.45) is 4.29. The van der Waals surface area contributed by atoms with Crippen molar-refractivity contribution in [2.75, 3.05) is 16.0 Å². The van der Waals surface area contributed by atoms with Crippen LogP contribution in [0.4, 0.5) is 11.4 Å². The van der Waals surface area contributed by atoms with E-state index in [0.29, 0.717) is 5.75 Å². The van der Waals surface area contributed by atoms with Crippen LogP contribution in [0, 0.1) is 5.92 Å². The number of hydrogen-bond donors (Lipinski definition) is 1. The lowest BCUT2D eigenvalue weighted by Gasteiger charge is -2.26. The lowest BCUT2D eigenvalue weighted by atomic mass is 9.87. The molecule has 1 atom stereocenters. The largest absolute Gasteiger partial charge is 0.326 e. The molecule has 2 aromatic rings. The van der Waals surface area contributed by atoms with Crippen LogP contribution in [-0.4, -0.2) is 17.6 Å². The first-order valence-corrected chi connectivity index (χ1v) is 11.8. The Morgan fingerprint density at radius 1 is 1.00 bits per heavy atom. The average molecular weight is 423 g/mol. The number of carbonyl (C=O) groups excluding carboxylic acids is 2. The first kappa shape index (κ1) is 21.0. The van der Waals surface area contributed by atoms with Crippen LogP contribution in [0.2, 0.25) is 0 Å². The van der Waals surface area contributed by atoms with Gasteiger partial charge in [0.05, 0.1) is 5.75 Å². The molecule has 0 aromatic heterocycles. The Bertz CT molecular complexity index is 910. The van der Waals surface area contributed by atoms with Gasteiger partial charge in [-0.3, -0.25) is 14.5 Å². The summed E-state index contributed by atoms with van der Waals surface area (Å²) in [5.74, 6) is 0.892. The van der Waals surface area contributed by atoms with E-state index in [2.05, 4.69) is 38.2 Å². The van der Waals surface area contributed by atoms with Crippen LogP contribution < -0.4 is 10.2 Å². The summed E-state index contributed by atoms with van der Waals surface area (Å²) in [6.45, 7) is 6.57. The van der Waals surface area contributed by atoms with Crippen LogP contribution in [0.25, 0.3) is 0 Å². The molecule has 158 valence electrons. The van der Waals surface area contributed by atoms with Crippen molar-refractivity contribution < 1.29 is 9.59 Å². The van der Waals surface area contributed by atoms with E-state index in [0.717, 1.165) is 42.6 Å². The number of rotatable bonds is 4. The van der Waals surface area contributed by atoms with Crippen LogP contribution in [0.5, 0.6) is 0 Å². The lowest BCUT2D eigenvalue weighted by molar-refractivity contribution is -0.119. The van der Waals surface area contributed by atoms with Crippen molar-refractivity contribution in [3.05, 3.63) is 59.7 Å². The molecule has 1 saturated heterocycles. The molecule has 30 heavy (non-hydrogen) atoms. The van der Waals surface area contributed by atoms with E-state index in [1.807, 2.05) is 41.3 Å². The zero-order valence-electron chi connectivity index (χ0n) is 18.0. The smallest absolute Gasteiger partial charge is 0.238 e. The van der Waals surface area contributed by atoms with Gasteiger partial charge >= 0.3 is 0 Å². The molecule has 0 spiro atoms. The van der Waals surface area contributed by atoms with Gasteiger partial charge in [-0.05, 0) is 53.6 Å². The van der Waals surface area contributed by atoms with Crippen LogP contribution in [0.1, 0.15) is 63.0 Å². The summed E-state index contributed by atoms with van der Waals surface area (Å²) < 4.78 is 0. The third-order valence-electron chi connectivity index (χ3n) is 6.07. The number of thioether (sulfide) groups is 1. The predicted molar refractivity (Wildman–Crippen MR) is 125 cm³/mol. The molecule has 1 aliphatic carbocycles. The van der Waals surface area contributed by atoms with E-state index in [1.165, 1.54) is 5.56 Å². The summed E-state index contributed by atoms with van der Waals surface area (Å²) in [7, 11) is 0. The van der Waals surface area contributed by atoms with Gasteiger partial charge in [-0.2, -0.15) is 0 Å². The van der Waals surface area contributed by atoms with Crippen molar-refractivity contribution in [2.24, 2.45) is 5.92 Å². The summed E-state index contributed by atoms with van der Waals surface area (Å²) >= 11 is 1.65. The standard InChI is InChI=1S/C25H30N2O2S/c1-25(2,3)19-10-14-21(15-11-19)27-22(28)16-30-24(27)18-8-12-20(13-9-18)26-23(29)17-6-4-5-7-17/h8-15,17,24H,4-7,16H2,1-3H3,(H,26,29)/t24-/m1/s1. The van der Waals surface area contributed by atoms with Crippen molar-refractivity contribution >= 4 is 35.0 Å². The number of nitrogens with one attached hydrogen (secondary N) is 1. The Balaban J connectivity index is 1.49. The number of hydrogen-bond acceptors (Lipinski definition) is 3. The van der Waals surface area contributed by atoms with Gasteiger partial charge in [-0.1, -0.05) is 57.9 Å². The van der Waals surface area contributed by atoms with Crippen molar-refractivity contribution in [1.29, 1.82) is 0 Å². The normalized spacial score (nSPS) is 20.0. The molecule has 4 nitrogen and oxygen atoms in total. The summed E-state index contributed by atoms with van der Waals surface area (Å²) in [6, 6.07) is 16.3. The number of carbonyl (C=O) groups is 2. The zero-order chi connectivity index (χ0) is 21.3. The predicted octanol–water partition coefficient (Wildman–Crippen LogP) is 5.89. The fraction of sp³-hybridized carbons (Fsp3) is 0.440. The minimum Gasteiger partial charge on any atom is -0.326 e. The molecule has 4 rings (SSSR count). The maximum Gasteiger partial charge on any atom is 0.238 e. The Kier molecular flexibility index (Phi) is 5.92. The summed E-state index contributed by atoms with van der Waals surface area (Å²) in [4.78, 5) is 26.9. The number of nitrogens with zero attached hydrogens (tertiary/aromatic N) is 1.